The van der Waals surface area contributed by atoms with E-state index in [-0.39, 0.29) is 0 Å². The molecule has 0 aliphatic heterocycles. The number of para-hydroxylation sites is 1. The molecule has 0 bridgehead atoms. The first kappa shape index (κ1) is 15.8. The number of hydrogen-bond acceptors (Lipinski definition) is 3. The van der Waals surface area contributed by atoms with Crippen molar-refractivity contribution < 1.29 is 0 Å². The highest BCUT2D eigenvalue weighted by Gasteiger charge is 2.28. The van der Waals surface area contributed by atoms with E-state index in [1.54, 1.807) is 22.7 Å². The summed E-state index contributed by atoms with van der Waals surface area (Å²) in [5.74, 6) is 0.935. The van der Waals surface area contributed by atoms with Crippen molar-refractivity contribution in [2.24, 2.45) is 4.99 Å². The molecule has 2 heterocycles. The van der Waals surface area contributed by atoms with Gasteiger partial charge in [0.15, 0.2) is 0 Å². The maximum atomic E-state index is 5.27. The van der Waals surface area contributed by atoms with Gasteiger partial charge in [0.1, 0.15) is 0 Å². The van der Waals surface area contributed by atoms with Crippen LogP contribution in [0.25, 0.3) is 11.1 Å². The molecule has 122 valence electrons. The van der Waals surface area contributed by atoms with Crippen LogP contribution in [-0.2, 0) is 0 Å². The van der Waals surface area contributed by atoms with Crippen LogP contribution in [0.1, 0.15) is 60.4 Å². The molecule has 2 aromatic heterocycles. The summed E-state index contributed by atoms with van der Waals surface area (Å²) in [6.07, 6.45) is 0. The van der Waals surface area contributed by atoms with E-state index < -0.39 is 0 Å². The van der Waals surface area contributed by atoms with Crippen LogP contribution in [0, 0.1) is 0 Å². The van der Waals surface area contributed by atoms with Gasteiger partial charge in [-0.2, -0.15) is 0 Å². The SMILES string of the molecule is CC(C)c1cccc(C(C)C)c1N=C1c2sccc2-c2ccsc21. The van der Waals surface area contributed by atoms with Crippen molar-refractivity contribution in [2.45, 2.75) is 39.5 Å². The van der Waals surface area contributed by atoms with Crippen molar-refractivity contribution >= 4 is 34.1 Å². The van der Waals surface area contributed by atoms with Gasteiger partial charge in [-0.05, 0) is 45.9 Å². The molecular formula is C21H21NS2. The summed E-state index contributed by atoms with van der Waals surface area (Å²) in [5.41, 5.74) is 7.73. The molecule has 3 heteroatoms. The molecule has 1 nitrogen and oxygen atoms in total. The topological polar surface area (TPSA) is 12.4 Å². The van der Waals surface area contributed by atoms with Crippen LogP contribution in [0.15, 0.2) is 46.1 Å². The Balaban J connectivity index is 1.98. The van der Waals surface area contributed by atoms with Gasteiger partial charge in [-0.1, -0.05) is 45.9 Å². The van der Waals surface area contributed by atoms with Gasteiger partial charge in [-0.15, -0.1) is 22.7 Å². The van der Waals surface area contributed by atoms with Gasteiger partial charge < -0.3 is 0 Å². The molecule has 0 fully saturated rings. The summed E-state index contributed by atoms with van der Waals surface area (Å²) < 4.78 is 0. The van der Waals surface area contributed by atoms with Gasteiger partial charge >= 0.3 is 0 Å². The monoisotopic (exact) mass is 351 g/mol. The lowest BCUT2D eigenvalue weighted by atomic mass is 9.93. The van der Waals surface area contributed by atoms with Crippen molar-refractivity contribution in [2.75, 3.05) is 0 Å². The Bertz CT molecular complexity index is 856. The third-order valence-electron chi connectivity index (χ3n) is 4.62. The Morgan fingerprint density at radius 2 is 1.25 bits per heavy atom. The molecule has 3 aromatic rings. The van der Waals surface area contributed by atoms with Crippen molar-refractivity contribution in [3.8, 4) is 11.1 Å². The van der Waals surface area contributed by atoms with Gasteiger partial charge in [0.25, 0.3) is 0 Å². The summed E-state index contributed by atoms with van der Waals surface area (Å²) in [6, 6.07) is 11.1. The molecule has 1 aliphatic carbocycles. The molecule has 0 atom stereocenters. The number of hydrogen-bond donors (Lipinski definition) is 0. The number of thiophene rings is 2. The van der Waals surface area contributed by atoms with Crippen LogP contribution in [0.2, 0.25) is 0 Å². The predicted octanol–water partition coefficient (Wildman–Crippen LogP) is 7.21. The summed E-state index contributed by atoms with van der Waals surface area (Å²) in [6.45, 7) is 9.02. The van der Waals surface area contributed by atoms with Crippen LogP contribution < -0.4 is 0 Å². The van der Waals surface area contributed by atoms with Crippen molar-refractivity contribution in [1.82, 2.24) is 0 Å². The largest absolute Gasteiger partial charge is 0.245 e. The maximum Gasteiger partial charge on any atom is 0.0993 e. The zero-order valence-corrected chi connectivity index (χ0v) is 16.1. The van der Waals surface area contributed by atoms with Gasteiger partial charge in [0.2, 0.25) is 0 Å². The Morgan fingerprint density at radius 1 is 0.750 bits per heavy atom. The molecule has 24 heavy (non-hydrogen) atoms. The summed E-state index contributed by atoms with van der Waals surface area (Å²) in [4.78, 5) is 7.91. The van der Waals surface area contributed by atoms with Crippen LogP contribution >= 0.6 is 22.7 Å². The first-order chi connectivity index (χ1) is 11.6. The number of benzene rings is 1. The summed E-state index contributed by atoms with van der Waals surface area (Å²) >= 11 is 3.61. The molecule has 0 amide bonds. The number of fused-ring (bicyclic) bond motifs is 3. The fourth-order valence-electron chi connectivity index (χ4n) is 3.37. The van der Waals surface area contributed by atoms with Gasteiger partial charge in [-0.25, -0.2) is 4.99 Å². The van der Waals surface area contributed by atoms with E-state index in [2.05, 4.69) is 68.8 Å². The molecule has 0 radical (unpaired) electrons. The fraction of sp³-hybridized carbons (Fsp3) is 0.286. The normalized spacial score (nSPS) is 12.8. The highest BCUT2D eigenvalue weighted by atomic mass is 32.1. The van der Waals surface area contributed by atoms with Crippen molar-refractivity contribution in [3.05, 3.63) is 62.0 Å². The van der Waals surface area contributed by atoms with Crippen LogP contribution in [0.5, 0.6) is 0 Å². The lowest BCUT2D eigenvalue weighted by Gasteiger charge is -2.17. The van der Waals surface area contributed by atoms with Crippen LogP contribution in [0.4, 0.5) is 5.69 Å². The fourth-order valence-corrected chi connectivity index (χ4v) is 5.24. The van der Waals surface area contributed by atoms with Crippen LogP contribution in [0.3, 0.4) is 0 Å². The Hall–Kier alpha value is -1.71. The summed E-state index contributed by atoms with van der Waals surface area (Å²) in [7, 11) is 0. The Morgan fingerprint density at radius 3 is 1.71 bits per heavy atom. The predicted molar refractivity (Wildman–Crippen MR) is 108 cm³/mol. The van der Waals surface area contributed by atoms with E-state index in [1.807, 2.05) is 0 Å². The molecule has 0 N–H and O–H groups in total. The zero-order chi connectivity index (χ0) is 16.8. The van der Waals surface area contributed by atoms with E-state index in [4.69, 9.17) is 4.99 Å². The number of aliphatic imine (C=N–C) groups is 1. The van der Waals surface area contributed by atoms with Crippen LogP contribution in [-0.4, -0.2) is 5.71 Å². The second-order valence-corrected chi connectivity index (χ2v) is 8.71. The Kier molecular flexibility index (Phi) is 3.93. The van der Waals surface area contributed by atoms with E-state index in [0.717, 1.165) is 0 Å². The third kappa shape index (κ3) is 2.38. The maximum absolute atomic E-state index is 5.27. The molecule has 1 aliphatic rings. The Labute approximate surface area is 151 Å². The van der Waals surface area contributed by atoms with Gasteiger partial charge in [0, 0.05) is 11.1 Å². The quantitative estimate of drug-likeness (QED) is 0.370. The zero-order valence-electron chi connectivity index (χ0n) is 14.5. The van der Waals surface area contributed by atoms with Crippen molar-refractivity contribution in [1.29, 1.82) is 0 Å². The summed E-state index contributed by atoms with van der Waals surface area (Å²) in [5, 5.41) is 4.36. The molecule has 1 aromatic carbocycles. The molecule has 0 spiro atoms. The molecule has 4 rings (SSSR count). The van der Waals surface area contributed by atoms with E-state index in [1.165, 1.54) is 43.4 Å². The standard InChI is InChI=1S/C21H21NS2/c1-12(2)14-6-5-7-15(13(3)4)18(14)22-19-20-16(8-10-23-20)17-9-11-24-21(17)19/h5-13H,1-4H3. The lowest BCUT2D eigenvalue weighted by molar-refractivity contribution is 0.835. The average Bonchev–Trinajstić information content (AvgIpc) is 3.23. The minimum atomic E-state index is 0.468. The molecule has 0 unspecified atom stereocenters. The average molecular weight is 352 g/mol. The molecule has 0 saturated carbocycles. The second kappa shape index (κ2) is 5.98. The van der Waals surface area contributed by atoms with Crippen molar-refractivity contribution in [3.63, 3.8) is 0 Å². The highest BCUT2D eigenvalue weighted by molar-refractivity contribution is 7.17. The smallest absolute Gasteiger partial charge is 0.0993 e. The van der Waals surface area contributed by atoms with Gasteiger partial charge in [0.05, 0.1) is 21.2 Å². The number of nitrogens with zero attached hydrogens (tertiary/aromatic N) is 1. The molecule has 0 saturated heterocycles. The van der Waals surface area contributed by atoms with E-state index >= 15 is 0 Å². The minimum Gasteiger partial charge on any atom is -0.245 e. The number of rotatable bonds is 3. The first-order valence-corrected chi connectivity index (χ1v) is 10.2. The minimum absolute atomic E-state index is 0.468. The van der Waals surface area contributed by atoms with Gasteiger partial charge in [-0.3, -0.25) is 0 Å². The molecular weight excluding hydrogens is 330 g/mol. The lowest BCUT2D eigenvalue weighted by Crippen LogP contribution is -1.99. The highest BCUT2D eigenvalue weighted by Crippen LogP contribution is 2.45. The first-order valence-electron chi connectivity index (χ1n) is 8.45. The van der Waals surface area contributed by atoms with E-state index in [0.29, 0.717) is 11.8 Å². The van der Waals surface area contributed by atoms with E-state index in [9.17, 15) is 0 Å². The third-order valence-corrected chi connectivity index (χ3v) is 6.46. The second-order valence-electron chi connectivity index (χ2n) is 6.88.